The van der Waals surface area contributed by atoms with Crippen molar-refractivity contribution in [2.45, 2.75) is 33.2 Å². The van der Waals surface area contributed by atoms with Gasteiger partial charge in [0.05, 0.1) is 0 Å². The van der Waals surface area contributed by atoms with Crippen molar-refractivity contribution in [1.29, 1.82) is 0 Å². The van der Waals surface area contributed by atoms with Crippen LogP contribution in [0.1, 0.15) is 37.8 Å². The van der Waals surface area contributed by atoms with Gasteiger partial charge < -0.3 is 10.1 Å². The summed E-state index contributed by atoms with van der Waals surface area (Å²) in [4.78, 5) is 0. The molecule has 0 aromatic heterocycles. The molecule has 1 N–H and O–H groups in total. The predicted molar refractivity (Wildman–Crippen MR) is 84.4 cm³/mol. The summed E-state index contributed by atoms with van der Waals surface area (Å²) in [6.07, 6.45) is 0. The minimum Gasteiger partial charge on any atom is -0.454 e. The first-order valence-corrected chi connectivity index (χ1v) is 7.38. The van der Waals surface area contributed by atoms with Crippen LogP contribution in [0.5, 0.6) is 11.5 Å². The number of rotatable bonds is 6. The van der Waals surface area contributed by atoms with Crippen molar-refractivity contribution in [1.82, 2.24) is 5.32 Å². The quantitative estimate of drug-likeness (QED) is 0.820. The average molecular weight is 287 g/mol. The molecule has 0 aliphatic rings. The van der Waals surface area contributed by atoms with Gasteiger partial charge in [0.25, 0.3) is 0 Å². The van der Waals surface area contributed by atoms with E-state index in [1.165, 1.54) is 6.07 Å². The molecule has 0 amide bonds. The second kappa shape index (κ2) is 7.23. The Balaban J connectivity index is 2.35. The second-order valence-electron chi connectivity index (χ2n) is 5.30. The molecule has 2 aromatic carbocycles. The Hall–Kier alpha value is -1.87. The van der Waals surface area contributed by atoms with E-state index < -0.39 is 0 Å². The highest BCUT2D eigenvalue weighted by Crippen LogP contribution is 2.33. The van der Waals surface area contributed by atoms with Gasteiger partial charge in [0.2, 0.25) is 0 Å². The molecule has 21 heavy (non-hydrogen) atoms. The summed E-state index contributed by atoms with van der Waals surface area (Å²) >= 11 is 0. The predicted octanol–water partition coefficient (Wildman–Crippen LogP) is 4.85. The Bertz CT molecular complexity index is 596. The number of para-hydroxylation sites is 2. The highest BCUT2D eigenvalue weighted by molar-refractivity contribution is 5.43. The number of halogens is 1. The first-order valence-electron chi connectivity index (χ1n) is 7.38. The van der Waals surface area contributed by atoms with Crippen LogP contribution in [0, 0.1) is 5.82 Å². The van der Waals surface area contributed by atoms with E-state index in [0.717, 1.165) is 23.4 Å². The fraction of sp³-hybridized carbons (Fsp3) is 0.333. The normalized spacial score (nSPS) is 10.9. The molecular formula is C18H22FNO. The summed E-state index contributed by atoms with van der Waals surface area (Å²) in [7, 11) is 0. The smallest absolute Gasteiger partial charge is 0.167 e. The molecule has 0 saturated heterocycles. The lowest BCUT2D eigenvalue weighted by atomic mass is 10.0. The van der Waals surface area contributed by atoms with E-state index in [0.29, 0.717) is 18.2 Å². The van der Waals surface area contributed by atoms with E-state index in [4.69, 9.17) is 4.74 Å². The van der Waals surface area contributed by atoms with Crippen LogP contribution in [0.4, 0.5) is 4.39 Å². The van der Waals surface area contributed by atoms with E-state index in [1.54, 1.807) is 6.07 Å². The van der Waals surface area contributed by atoms with Gasteiger partial charge in [0.1, 0.15) is 5.75 Å². The summed E-state index contributed by atoms with van der Waals surface area (Å²) in [6, 6.07) is 12.8. The molecule has 0 spiro atoms. The van der Waals surface area contributed by atoms with Gasteiger partial charge in [-0.25, -0.2) is 4.39 Å². The van der Waals surface area contributed by atoms with Crippen LogP contribution < -0.4 is 10.1 Å². The Kier molecular flexibility index (Phi) is 5.34. The summed E-state index contributed by atoms with van der Waals surface area (Å²) in [6.45, 7) is 7.64. The molecule has 0 heterocycles. The zero-order valence-electron chi connectivity index (χ0n) is 12.8. The van der Waals surface area contributed by atoms with Crippen molar-refractivity contribution in [3.63, 3.8) is 0 Å². The summed E-state index contributed by atoms with van der Waals surface area (Å²) in [5.74, 6) is 1.02. The SMILES string of the molecule is CCNCc1cccc(F)c1Oc1ccccc1C(C)C. The summed E-state index contributed by atoms with van der Waals surface area (Å²) < 4.78 is 20.1. The number of ether oxygens (including phenoxy) is 1. The maximum absolute atomic E-state index is 14.1. The zero-order chi connectivity index (χ0) is 15.2. The third-order valence-corrected chi connectivity index (χ3v) is 3.37. The molecule has 0 radical (unpaired) electrons. The Morgan fingerprint density at radius 1 is 1.10 bits per heavy atom. The van der Waals surface area contributed by atoms with Gasteiger partial charge in [-0.1, -0.05) is 51.1 Å². The molecule has 0 unspecified atom stereocenters. The van der Waals surface area contributed by atoms with Gasteiger partial charge in [0.15, 0.2) is 11.6 Å². The van der Waals surface area contributed by atoms with Gasteiger partial charge in [-0.05, 0) is 30.2 Å². The van der Waals surface area contributed by atoms with Gasteiger partial charge >= 0.3 is 0 Å². The lowest BCUT2D eigenvalue weighted by Gasteiger charge is -2.16. The fourth-order valence-corrected chi connectivity index (χ4v) is 2.23. The third-order valence-electron chi connectivity index (χ3n) is 3.37. The van der Waals surface area contributed by atoms with Gasteiger partial charge in [-0.3, -0.25) is 0 Å². The van der Waals surface area contributed by atoms with Crippen LogP contribution >= 0.6 is 0 Å². The second-order valence-corrected chi connectivity index (χ2v) is 5.30. The zero-order valence-corrected chi connectivity index (χ0v) is 12.8. The van der Waals surface area contributed by atoms with Crippen molar-refractivity contribution in [2.75, 3.05) is 6.54 Å². The first kappa shape index (κ1) is 15.5. The largest absolute Gasteiger partial charge is 0.454 e. The third kappa shape index (κ3) is 3.82. The Morgan fingerprint density at radius 2 is 1.86 bits per heavy atom. The molecule has 0 saturated carbocycles. The van der Waals surface area contributed by atoms with Crippen molar-refractivity contribution in [3.8, 4) is 11.5 Å². The molecule has 2 nitrogen and oxygen atoms in total. The highest BCUT2D eigenvalue weighted by Gasteiger charge is 2.14. The van der Waals surface area contributed by atoms with Crippen LogP contribution in [0.15, 0.2) is 42.5 Å². The molecule has 0 aliphatic heterocycles. The summed E-state index contributed by atoms with van der Waals surface area (Å²) in [5, 5.41) is 3.21. The van der Waals surface area contributed by atoms with Gasteiger partial charge in [-0.15, -0.1) is 0 Å². The fourth-order valence-electron chi connectivity index (χ4n) is 2.23. The Morgan fingerprint density at radius 3 is 2.57 bits per heavy atom. The molecular weight excluding hydrogens is 265 g/mol. The molecule has 0 bridgehead atoms. The van der Waals surface area contributed by atoms with Crippen molar-refractivity contribution in [3.05, 3.63) is 59.4 Å². The monoisotopic (exact) mass is 287 g/mol. The van der Waals surface area contributed by atoms with E-state index in [9.17, 15) is 4.39 Å². The van der Waals surface area contributed by atoms with E-state index in [1.807, 2.05) is 37.3 Å². The van der Waals surface area contributed by atoms with Gasteiger partial charge in [-0.2, -0.15) is 0 Å². The van der Waals surface area contributed by atoms with Gasteiger partial charge in [0, 0.05) is 12.1 Å². The lowest BCUT2D eigenvalue weighted by Crippen LogP contribution is -2.13. The molecule has 3 heteroatoms. The van der Waals surface area contributed by atoms with Crippen molar-refractivity contribution >= 4 is 0 Å². The van der Waals surface area contributed by atoms with Crippen molar-refractivity contribution in [2.24, 2.45) is 0 Å². The average Bonchev–Trinajstić information content (AvgIpc) is 2.48. The van der Waals surface area contributed by atoms with Crippen molar-refractivity contribution < 1.29 is 9.13 Å². The number of hydrogen-bond acceptors (Lipinski definition) is 2. The standard InChI is InChI=1S/C18H22FNO/c1-4-20-12-14-8-7-10-16(19)18(14)21-17-11-6-5-9-15(17)13(2)3/h5-11,13,20H,4,12H2,1-3H3. The van der Waals surface area contributed by atoms with Crippen LogP contribution in [0.2, 0.25) is 0 Å². The van der Waals surface area contributed by atoms with E-state index in [2.05, 4.69) is 19.2 Å². The van der Waals surface area contributed by atoms with E-state index in [-0.39, 0.29) is 5.82 Å². The maximum Gasteiger partial charge on any atom is 0.167 e. The van der Waals surface area contributed by atoms with Crippen LogP contribution in [-0.4, -0.2) is 6.54 Å². The topological polar surface area (TPSA) is 21.3 Å². The van der Waals surface area contributed by atoms with Crippen LogP contribution in [0.3, 0.4) is 0 Å². The maximum atomic E-state index is 14.1. The minimum atomic E-state index is -0.330. The first-order chi connectivity index (χ1) is 10.1. The number of nitrogens with one attached hydrogen (secondary N) is 1. The molecule has 0 aliphatic carbocycles. The molecule has 0 fully saturated rings. The minimum absolute atomic E-state index is 0.312. The van der Waals surface area contributed by atoms with Crippen LogP contribution in [-0.2, 0) is 6.54 Å². The highest BCUT2D eigenvalue weighted by atomic mass is 19.1. The molecule has 2 aromatic rings. The lowest BCUT2D eigenvalue weighted by molar-refractivity contribution is 0.428. The number of benzene rings is 2. The summed E-state index contributed by atoms with van der Waals surface area (Å²) in [5.41, 5.74) is 1.91. The molecule has 2 rings (SSSR count). The molecule has 0 atom stereocenters. The van der Waals surface area contributed by atoms with E-state index >= 15 is 0 Å². The Labute approximate surface area is 126 Å². The molecule has 112 valence electrons. The number of hydrogen-bond donors (Lipinski definition) is 1. The van der Waals surface area contributed by atoms with Crippen LogP contribution in [0.25, 0.3) is 0 Å².